The molecule has 8 nitrogen and oxygen atoms in total. The lowest BCUT2D eigenvalue weighted by molar-refractivity contribution is 0.168. The maximum Gasteiger partial charge on any atom is 0.247 e. The summed E-state index contributed by atoms with van der Waals surface area (Å²) in [6.07, 6.45) is 0. The number of ether oxygens (including phenoxy) is 1. The fourth-order valence-corrected chi connectivity index (χ4v) is 4.77. The minimum Gasteiger partial charge on any atom is -0.497 e. The van der Waals surface area contributed by atoms with E-state index in [9.17, 15) is 8.42 Å². The Morgan fingerprint density at radius 2 is 1.63 bits per heavy atom. The third kappa shape index (κ3) is 4.38. The third-order valence-corrected chi connectivity index (χ3v) is 7.07. The van der Waals surface area contributed by atoms with Gasteiger partial charge in [0.05, 0.1) is 18.6 Å². The molecule has 0 saturated carbocycles. The summed E-state index contributed by atoms with van der Waals surface area (Å²) >= 11 is 0. The van der Waals surface area contributed by atoms with E-state index in [1.807, 2.05) is 43.3 Å². The van der Waals surface area contributed by atoms with Gasteiger partial charge in [0.2, 0.25) is 21.8 Å². The normalized spacial score (nSPS) is 15.9. The Morgan fingerprint density at radius 1 is 0.967 bits per heavy atom. The molecule has 0 amide bonds. The molecule has 0 aliphatic carbocycles. The van der Waals surface area contributed by atoms with Crippen LogP contribution in [0.3, 0.4) is 0 Å². The average Bonchev–Trinajstić information content (AvgIpc) is 3.23. The van der Waals surface area contributed by atoms with Crippen LogP contribution in [0.2, 0.25) is 0 Å². The van der Waals surface area contributed by atoms with Gasteiger partial charge in [-0.25, -0.2) is 8.42 Å². The molecule has 4 rings (SSSR count). The first-order valence-electron chi connectivity index (χ1n) is 9.72. The highest BCUT2D eigenvalue weighted by Gasteiger charge is 2.29. The number of rotatable bonds is 6. The largest absolute Gasteiger partial charge is 0.497 e. The zero-order chi connectivity index (χ0) is 21.1. The predicted octanol–water partition coefficient (Wildman–Crippen LogP) is 2.56. The molecule has 1 aliphatic rings. The number of piperazine rings is 1. The Balaban J connectivity index is 1.36. The van der Waals surface area contributed by atoms with E-state index >= 15 is 0 Å². The lowest BCUT2D eigenvalue weighted by Crippen LogP contribution is -2.48. The van der Waals surface area contributed by atoms with Crippen molar-refractivity contribution in [2.75, 3.05) is 33.3 Å². The number of benzene rings is 2. The van der Waals surface area contributed by atoms with Crippen molar-refractivity contribution < 1.29 is 17.6 Å². The van der Waals surface area contributed by atoms with Crippen LogP contribution in [-0.4, -0.2) is 61.1 Å². The fourth-order valence-electron chi connectivity index (χ4n) is 3.35. The summed E-state index contributed by atoms with van der Waals surface area (Å²) in [7, 11) is -1.85. The number of nitrogens with zero attached hydrogens (tertiary/aromatic N) is 4. The number of aryl methyl sites for hydroxylation is 1. The van der Waals surface area contributed by atoms with E-state index < -0.39 is 10.0 Å². The van der Waals surface area contributed by atoms with Gasteiger partial charge in [-0.2, -0.15) is 4.31 Å². The molecule has 3 aromatic rings. The molecule has 1 fully saturated rings. The van der Waals surface area contributed by atoms with Crippen LogP contribution in [-0.2, 0) is 16.6 Å². The monoisotopic (exact) mass is 428 g/mol. The maximum absolute atomic E-state index is 12.8. The first kappa shape index (κ1) is 20.5. The molecule has 0 radical (unpaired) electrons. The highest BCUT2D eigenvalue weighted by atomic mass is 32.2. The second kappa shape index (κ2) is 8.55. The summed E-state index contributed by atoms with van der Waals surface area (Å²) in [5.74, 6) is 1.72. The minimum absolute atomic E-state index is 0.336. The molecule has 30 heavy (non-hydrogen) atoms. The van der Waals surface area contributed by atoms with E-state index in [2.05, 4.69) is 15.1 Å². The molecule has 0 bridgehead atoms. The molecule has 9 heteroatoms. The molecule has 1 aromatic heterocycles. The zero-order valence-corrected chi connectivity index (χ0v) is 17.8. The smallest absolute Gasteiger partial charge is 0.247 e. The summed E-state index contributed by atoms with van der Waals surface area (Å²) in [4.78, 5) is 2.45. The Kier molecular flexibility index (Phi) is 5.85. The molecule has 0 unspecified atom stereocenters. The summed E-state index contributed by atoms with van der Waals surface area (Å²) < 4.78 is 38.1. The minimum atomic E-state index is -3.47. The highest BCUT2D eigenvalue weighted by Crippen LogP contribution is 2.22. The molecule has 158 valence electrons. The van der Waals surface area contributed by atoms with Gasteiger partial charge in [0.25, 0.3) is 0 Å². The Labute approximate surface area is 176 Å². The molecule has 0 N–H and O–H groups in total. The van der Waals surface area contributed by atoms with Crippen molar-refractivity contribution in [3.8, 4) is 17.2 Å². The van der Waals surface area contributed by atoms with Crippen LogP contribution in [0.25, 0.3) is 11.5 Å². The van der Waals surface area contributed by atoms with Gasteiger partial charge in [-0.15, -0.1) is 10.2 Å². The molecule has 1 aliphatic heterocycles. The summed E-state index contributed by atoms with van der Waals surface area (Å²) in [5.41, 5.74) is 1.86. The number of sulfonamides is 1. The van der Waals surface area contributed by atoms with E-state index in [1.54, 1.807) is 19.2 Å². The van der Waals surface area contributed by atoms with Crippen LogP contribution < -0.4 is 4.74 Å². The molecular weight excluding hydrogens is 404 g/mol. The van der Waals surface area contributed by atoms with E-state index in [4.69, 9.17) is 9.15 Å². The lowest BCUT2D eigenvalue weighted by Gasteiger charge is -2.33. The number of aromatic nitrogens is 2. The third-order valence-electron chi connectivity index (χ3n) is 5.15. The fraction of sp³-hybridized carbons (Fsp3) is 0.333. The summed E-state index contributed by atoms with van der Waals surface area (Å²) in [6, 6.07) is 14.4. The standard InChI is InChI=1S/C21H24N4O4S/c1-16-3-9-19(10-4-16)30(26,27)25-13-11-24(12-14-25)15-20-22-23-21(29-20)17-5-7-18(28-2)8-6-17/h3-10H,11-15H2,1-2H3. The van der Waals surface area contributed by atoms with Gasteiger partial charge in [0, 0.05) is 31.7 Å². The number of hydrogen-bond donors (Lipinski definition) is 0. The van der Waals surface area contributed by atoms with E-state index in [-0.39, 0.29) is 0 Å². The molecule has 1 saturated heterocycles. The van der Waals surface area contributed by atoms with Gasteiger partial charge in [0.1, 0.15) is 5.75 Å². The van der Waals surface area contributed by atoms with E-state index in [0.29, 0.717) is 49.4 Å². The molecule has 2 aromatic carbocycles. The number of methoxy groups -OCH3 is 1. The predicted molar refractivity (Wildman–Crippen MR) is 112 cm³/mol. The molecule has 2 heterocycles. The van der Waals surface area contributed by atoms with Crippen LogP contribution >= 0.6 is 0 Å². The van der Waals surface area contributed by atoms with Gasteiger partial charge in [-0.1, -0.05) is 17.7 Å². The molecule has 0 atom stereocenters. The summed E-state index contributed by atoms with van der Waals surface area (Å²) in [6.45, 7) is 4.48. The van der Waals surface area contributed by atoms with Crippen LogP contribution in [0.15, 0.2) is 57.8 Å². The molecule has 0 spiro atoms. The lowest BCUT2D eigenvalue weighted by atomic mass is 10.2. The Bertz CT molecular complexity index is 1090. The van der Waals surface area contributed by atoms with E-state index in [1.165, 1.54) is 4.31 Å². The van der Waals surface area contributed by atoms with Gasteiger partial charge < -0.3 is 9.15 Å². The zero-order valence-electron chi connectivity index (χ0n) is 17.0. The Hall–Kier alpha value is -2.75. The second-order valence-electron chi connectivity index (χ2n) is 7.22. The van der Waals surface area contributed by atoms with Crippen molar-refractivity contribution in [1.82, 2.24) is 19.4 Å². The van der Waals surface area contributed by atoms with Gasteiger partial charge in [0.15, 0.2) is 0 Å². The average molecular weight is 429 g/mol. The van der Waals surface area contributed by atoms with Crippen LogP contribution in [0.4, 0.5) is 0 Å². The topological polar surface area (TPSA) is 88.8 Å². The van der Waals surface area contributed by atoms with Gasteiger partial charge in [-0.05, 0) is 43.3 Å². The van der Waals surface area contributed by atoms with E-state index in [0.717, 1.165) is 16.9 Å². The van der Waals surface area contributed by atoms with Gasteiger partial charge in [-0.3, -0.25) is 4.90 Å². The van der Waals surface area contributed by atoms with Crippen molar-refractivity contribution in [2.45, 2.75) is 18.4 Å². The quantitative estimate of drug-likeness (QED) is 0.596. The van der Waals surface area contributed by atoms with Crippen LogP contribution in [0.1, 0.15) is 11.5 Å². The summed E-state index contributed by atoms with van der Waals surface area (Å²) in [5, 5.41) is 8.25. The first-order chi connectivity index (χ1) is 14.5. The highest BCUT2D eigenvalue weighted by molar-refractivity contribution is 7.89. The van der Waals surface area contributed by atoms with Crippen molar-refractivity contribution in [2.24, 2.45) is 0 Å². The van der Waals surface area contributed by atoms with Crippen molar-refractivity contribution in [3.05, 3.63) is 60.0 Å². The van der Waals surface area contributed by atoms with Crippen LogP contribution in [0, 0.1) is 6.92 Å². The first-order valence-corrected chi connectivity index (χ1v) is 11.2. The number of hydrogen-bond acceptors (Lipinski definition) is 7. The molecular formula is C21H24N4O4S. The second-order valence-corrected chi connectivity index (χ2v) is 9.16. The van der Waals surface area contributed by atoms with Crippen molar-refractivity contribution in [3.63, 3.8) is 0 Å². The van der Waals surface area contributed by atoms with Crippen molar-refractivity contribution in [1.29, 1.82) is 0 Å². The van der Waals surface area contributed by atoms with Crippen LogP contribution in [0.5, 0.6) is 5.75 Å². The Morgan fingerprint density at radius 3 is 2.27 bits per heavy atom. The maximum atomic E-state index is 12.8. The SMILES string of the molecule is COc1ccc(-c2nnc(CN3CCN(S(=O)(=O)c4ccc(C)cc4)CC3)o2)cc1. The van der Waals surface area contributed by atoms with Crippen molar-refractivity contribution >= 4 is 10.0 Å². The van der Waals surface area contributed by atoms with Gasteiger partial charge >= 0.3 is 0 Å².